The molecular formula is C21H25N7O4S. The summed E-state index contributed by atoms with van der Waals surface area (Å²) in [6, 6.07) is 7.69. The third kappa shape index (κ3) is 4.18. The second-order valence-corrected chi connectivity index (χ2v) is 9.99. The van der Waals surface area contributed by atoms with E-state index >= 15 is 0 Å². The van der Waals surface area contributed by atoms with Gasteiger partial charge in [0, 0.05) is 43.5 Å². The maximum atomic E-state index is 13.0. The van der Waals surface area contributed by atoms with Gasteiger partial charge in [-0.25, -0.2) is 13.1 Å². The molecule has 1 saturated heterocycles. The molecule has 33 heavy (non-hydrogen) atoms. The van der Waals surface area contributed by atoms with E-state index in [2.05, 4.69) is 15.3 Å². The topological polar surface area (TPSA) is 127 Å². The summed E-state index contributed by atoms with van der Waals surface area (Å²) in [7, 11) is -3.84. The van der Waals surface area contributed by atoms with Gasteiger partial charge in [0.25, 0.3) is 5.69 Å². The van der Waals surface area contributed by atoms with Crippen molar-refractivity contribution in [3.63, 3.8) is 0 Å². The number of sulfonamides is 1. The maximum absolute atomic E-state index is 13.0. The molecule has 1 aliphatic heterocycles. The molecule has 0 unspecified atom stereocenters. The van der Waals surface area contributed by atoms with Crippen molar-refractivity contribution in [1.29, 1.82) is 0 Å². The van der Waals surface area contributed by atoms with E-state index in [9.17, 15) is 18.5 Å². The Morgan fingerprint density at radius 2 is 1.58 bits per heavy atom. The molecule has 0 bridgehead atoms. The predicted molar refractivity (Wildman–Crippen MR) is 122 cm³/mol. The SMILES string of the molecule is Cc1ccc(S(=O)(=O)N2CCN(c3ccc(-n4nc(C)c(C)c4C)nn3)CC2)cc1[N+](=O)[O-]. The second-order valence-electron chi connectivity index (χ2n) is 8.05. The van der Waals surface area contributed by atoms with E-state index in [0.717, 1.165) is 23.0 Å². The number of anilines is 1. The lowest BCUT2D eigenvalue weighted by Gasteiger charge is -2.34. The molecule has 0 aliphatic carbocycles. The van der Waals surface area contributed by atoms with Crippen LogP contribution in [0.4, 0.5) is 11.5 Å². The van der Waals surface area contributed by atoms with Gasteiger partial charge in [-0.1, -0.05) is 6.07 Å². The van der Waals surface area contributed by atoms with Crippen LogP contribution in [0.3, 0.4) is 0 Å². The molecule has 0 atom stereocenters. The van der Waals surface area contributed by atoms with Gasteiger partial charge in [-0.05, 0) is 51.5 Å². The number of aromatic nitrogens is 4. The van der Waals surface area contributed by atoms with Crippen molar-refractivity contribution in [2.75, 3.05) is 31.1 Å². The first kappa shape index (κ1) is 22.8. The fourth-order valence-corrected chi connectivity index (χ4v) is 5.24. The van der Waals surface area contributed by atoms with Gasteiger partial charge in [-0.15, -0.1) is 10.2 Å². The number of hydrogen-bond acceptors (Lipinski definition) is 8. The molecule has 12 heteroatoms. The van der Waals surface area contributed by atoms with E-state index in [1.807, 2.05) is 37.8 Å². The van der Waals surface area contributed by atoms with Gasteiger partial charge < -0.3 is 4.90 Å². The summed E-state index contributed by atoms with van der Waals surface area (Å²) in [5.74, 6) is 1.27. The molecule has 3 heterocycles. The van der Waals surface area contributed by atoms with Gasteiger partial charge in [0.1, 0.15) is 0 Å². The lowest BCUT2D eigenvalue weighted by atomic mass is 10.2. The van der Waals surface area contributed by atoms with Crippen LogP contribution in [0.15, 0.2) is 35.2 Å². The number of benzene rings is 1. The van der Waals surface area contributed by atoms with E-state index in [1.54, 1.807) is 11.6 Å². The summed E-state index contributed by atoms with van der Waals surface area (Å²) in [5, 5.41) is 24.3. The summed E-state index contributed by atoms with van der Waals surface area (Å²) in [5.41, 5.74) is 3.26. The molecule has 0 amide bonds. The van der Waals surface area contributed by atoms with E-state index in [-0.39, 0.29) is 23.7 Å². The lowest BCUT2D eigenvalue weighted by Crippen LogP contribution is -2.49. The smallest absolute Gasteiger partial charge is 0.273 e. The molecule has 0 spiro atoms. The van der Waals surface area contributed by atoms with Crippen molar-refractivity contribution in [2.45, 2.75) is 32.6 Å². The third-order valence-electron chi connectivity index (χ3n) is 6.08. The Morgan fingerprint density at radius 3 is 2.12 bits per heavy atom. The van der Waals surface area contributed by atoms with Crippen LogP contribution >= 0.6 is 0 Å². The minimum absolute atomic E-state index is 0.0717. The summed E-state index contributed by atoms with van der Waals surface area (Å²) in [6.45, 7) is 8.86. The number of nitro groups is 1. The molecule has 3 aromatic rings. The molecule has 0 saturated carbocycles. The van der Waals surface area contributed by atoms with Crippen molar-refractivity contribution in [3.8, 4) is 5.82 Å². The van der Waals surface area contributed by atoms with Crippen molar-refractivity contribution < 1.29 is 13.3 Å². The largest absolute Gasteiger partial charge is 0.352 e. The summed E-state index contributed by atoms with van der Waals surface area (Å²) >= 11 is 0. The number of piperazine rings is 1. The molecule has 174 valence electrons. The average Bonchev–Trinajstić information content (AvgIpc) is 3.06. The number of nitrogens with zero attached hydrogens (tertiary/aromatic N) is 7. The average molecular weight is 472 g/mol. The van der Waals surface area contributed by atoms with Crippen molar-refractivity contribution in [3.05, 3.63) is 63.0 Å². The van der Waals surface area contributed by atoms with Crippen LogP contribution in [0, 0.1) is 37.8 Å². The Hall–Kier alpha value is -3.38. The Kier molecular flexibility index (Phi) is 5.89. The number of aryl methyl sites for hydroxylation is 2. The first-order valence-electron chi connectivity index (χ1n) is 10.5. The zero-order valence-electron chi connectivity index (χ0n) is 18.9. The van der Waals surface area contributed by atoms with Crippen LogP contribution in [-0.2, 0) is 10.0 Å². The molecule has 0 N–H and O–H groups in total. The zero-order valence-corrected chi connectivity index (χ0v) is 19.7. The first-order chi connectivity index (χ1) is 15.6. The Balaban J connectivity index is 1.47. The Labute approximate surface area is 191 Å². The maximum Gasteiger partial charge on any atom is 0.273 e. The van der Waals surface area contributed by atoms with Crippen LogP contribution in [0.2, 0.25) is 0 Å². The predicted octanol–water partition coefficient (Wildman–Crippen LogP) is 2.32. The van der Waals surface area contributed by atoms with Gasteiger partial charge >= 0.3 is 0 Å². The minimum Gasteiger partial charge on any atom is -0.352 e. The summed E-state index contributed by atoms with van der Waals surface area (Å²) in [6.07, 6.45) is 0. The van der Waals surface area contributed by atoms with E-state index in [1.165, 1.54) is 16.4 Å². The van der Waals surface area contributed by atoms with Crippen LogP contribution in [0.1, 0.15) is 22.5 Å². The van der Waals surface area contributed by atoms with Crippen molar-refractivity contribution >= 4 is 21.5 Å². The standard InChI is InChI=1S/C21H25N7O4S/c1-14-5-6-18(13-19(14)28(29)30)33(31,32)26-11-9-25(10-12-26)20-7-8-21(23-22-20)27-17(4)15(2)16(3)24-27/h5-8,13H,9-12H2,1-4H3. The normalized spacial score (nSPS) is 15.1. The van der Waals surface area contributed by atoms with E-state index in [4.69, 9.17) is 0 Å². The molecule has 1 fully saturated rings. The minimum atomic E-state index is -3.84. The third-order valence-corrected chi connectivity index (χ3v) is 7.98. The quantitative estimate of drug-likeness (QED) is 0.410. The summed E-state index contributed by atoms with van der Waals surface area (Å²) in [4.78, 5) is 12.5. The zero-order chi connectivity index (χ0) is 23.9. The molecule has 2 aromatic heterocycles. The molecule has 1 aliphatic rings. The highest BCUT2D eigenvalue weighted by Crippen LogP contribution is 2.26. The molecule has 0 radical (unpaired) electrons. The van der Waals surface area contributed by atoms with Crippen LogP contribution < -0.4 is 4.90 Å². The van der Waals surface area contributed by atoms with Gasteiger partial charge in [-0.2, -0.15) is 9.40 Å². The highest BCUT2D eigenvalue weighted by atomic mass is 32.2. The van der Waals surface area contributed by atoms with Gasteiger partial charge in [0.05, 0.1) is 15.5 Å². The molecule has 4 rings (SSSR count). The number of hydrogen-bond donors (Lipinski definition) is 0. The highest BCUT2D eigenvalue weighted by Gasteiger charge is 2.30. The molecular weight excluding hydrogens is 446 g/mol. The first-order valence-corrected chi connectivity index (χ1v) is 11.9. The Bertz CT molecular complexity index is 1310. The fourth-order valence-electron chi connectivity index (χ4n) is 3.80. The molecule has 1 aromatic carbocycles. The van der Waals surface area contributed by atoms with Crippen molar-refractivity contribution in [1.82, 2.24) is 24.3 Å². The number of nitro benzene ring substituents is 1. The van der Waals surface area contributed by atoms with Crippen LogP contribution in [0.5, 0.6) is 0 Å². The molecule has 11 nitrogen and oxygen atoms in total. The van der Waals surface area contributed by atoms with E-state index < -0.39 is 14.9 Å². The van der Waals surface area contributed by atoms with Gasteiger partial charge in [0.2, 0.25) is 10.0 Å². The monoisotopic (exact) mass is 471 g/mol. The van der Waals surface area contributed by atoms with Gasteiger partial charge in [-0.3, -0.25) is 10.1 Å². The van der Waals surface area contributed by atoms with E-state index in [0.29, 0.717) is 30.3 Å². The highest BCUT2D eigenvalue weighted by molar-refractivity contribution is 7.89. The fraction of sp³-hybridized carbons (Fsp3) is 0.381. The lowest BCUT2D eigenvalue weighted by molar-refractivity contribution is -0.385. The van der Waals surface area contributed by atoms with Crippen LogP contribution in [-0.4, -0.2) is 63.8 Å². The number of rotatable bonds is 5. The van der Waals surface area contributed by atoms with Crippen LogP contribution in [0.25, 0.3) is 5.82 Å². The Morgan fingerprint density at radius 1 is 0.939 bits per heavy atom. The second kappa shape index (κ2) is 8.52. The van der Waals surface area contributed by atoms with Gasteiger partial charge in [0.15, 0.2) is 11.6 Å². The van der Waals surface area contributed by atoms with Crippen molar-refractivity contribution in [2.24, 2.45) is 0 Å². The summed E-state index contributed by atoms with van der Waals surface area (Å²) < 4.78 is 29.2.